The van der Waals surface area contributed by atoms with Gasteiger partial charge in [0.15, 0.2) is 0 Å². The minimum Gasteiger partial charge on any atom is -0.339 e. The number of rotatable bonds is 1. The molecule has 1 atom stereocenters. The van der Waals surface area contributed by atoms with Gasteiger partial charge < -0.3 is 14.9 Å². The topological polar surface area (TPSA) is 49.8 Å². The van der Waals surface area contributed by atoms with Gasteiger partial charge in [-0.15, -0.1) is 0 Å². The molecule has 1 fully saturated rings. The van der Waals surface area contributed by atoms with Gasteiger partial charge in [0.25, 0.3) is 5.56 Å². The van der Waals surface area contributed by atoms with Crippen molar-refractivity contribution < 1.29 is 0 Å². The van der Waals surface area contributed by atoms with E-state index in [1.54, 1.807) is 6.20 Å². The van der Waals surface area contributed by atoms with E-state index in [0.717, 1.165) is 30.4 Å². The number of nitrogens with zero attached hydrogens (tertiary/aromatic N) is 1. The molecule has 84 valence electrons. The molecule has 2 aromatic rings. The van der Waals surface area contributed by atoms with Crippen molar-refractivity contribution in [3.05, 3.63) is 34.9 Å². The first-order valence-electron chi connectivity index (χ1n) is 5.75. The summed E-state index contributed by atoms with van der Waals surface area (Å²) in [6.45, 7) is 2.05. The second kappa shape index (κ2) is 3.79. The second-order valence-corrected chi connectivity index (χ2v) is 4.33. The minimum atomic E-state index is 0.00748. The summed E-state index contributed by atoms with van der Waals surface area (Å²) in [6.07, 6.45) is 6.05. The molecule has 1 saturated heterocycles. The fourth-order valence-electron chi connectivity index (χ4n) is 2.50. The van der Waals surface area contributed by atoms with Crippen LogP contribution < -0.4 is 10.9 Å². The summed E-state index contributed by atoms with van der Waals surface area (Å²) in [6, 6.07) is 4.37. The number of fused-ring (bicyclic) bond motifs is 1. The predicted octanol–water partition coefficient (Wildman–Crippen LogP) is 1.25. The van der Waals surface area contributed by atoms with Crippen LogP contribution in [0.2, 0.25) is 0 Å². The first-order chi connectivity index (χ1) is 7.86. The SMILES string of the molecule is O=c1[nH]ccc2ccn(C3CCCNC3)c12. The Hall–Kier alpha value is -1.55. The lowest BCUT2D eigenvalue weighted by Crippen LogP contribution is -2.32. The maximum Gasteiger partial charge on any atom is 0.272 e. The van der Waals surface area contributed by atoms with Gasteiger partial charge in [-0.3, -0.25) is 4.79 Å². The molecular weight excluding hydrogens is 202 g/mol. The van der Waals surface area contributed by atoms with Crippen molar-refractivity contribution in [2.24, 2.45) is 0 Å². The molecule has 4 nitrogen and oxygen atoms in total. The van der Waals surface area contributed by atoms with E-state index >= 15 is 0 Å². The molecule has 1 aliphatic rings. The molecule has 1 unspecified atom stereocenters. The van der Waals surface area contributed by atoms with Crippen molar-refractivity contribution in [3.63, 3.8) is 0 Å². The summed E-state index contributed by atoms with van der Waals surface area (Å²) < 4.78 is 2.11. The van der Waals surface area contributed by atoms with Gasteiger partial charge in [-0.25, -0.2) is 0 Å². The molecule has 0 radical (unpaired) electrons. The van der Waals surface area contributed by atoms with Crippen molar-refractivity contribution >= 4 is 10.9 Å². The normalized spacial score (nSPS) is 21.4. The van der Waals surface area contributed by atoms with E-state index < -0.39 is 0 Å². The third kappa shape index (κ3) is 1.46. The maximum atomic E-state index is 11.8. The third-order valence-corrected chi connectivity index (χ3v) is 3.30. The molecule has 0 amide bonds. The van der Waals surface area contributed by atoms with Gasteiger partial charge in [0.2, 0.25) is 0 Å². The Bertz CT molecular complexity index is 549. The highest BCUT2D eigenvalue weighted by Crippen LogP contribution is 2.21. The van der Waals surface area contributed by atoms with E-state index in [1.165, 1.54) is 6.42 Å². The monoisotopic (exact) mass is 217 g/mol. The number of hydrogen-bond acceptors (Lipinski definition) is 2. The van der Waals surface area contributed by atoms with E-state index in [9.17, 15) is 4.79 Å². The Morgan fingerprint density at radius 3 is 3.12 bits per heavy atom. The third-order valence-electron chi connectivity index (χ3n) is 3.30. The summed E-state index contributed by atoms with van der Waals surface area (Å²) in [7, 11) is 0. The molecule has 2 aromatic heterocycles. The second-order valence-electron chi connectivity index (χ2n) is 4.33. The quantitative estimate of drug-likeness (QED) is 0.755. The number of H-pyrrole nitrogens is 1. The first kappa shape index (κ1) is 9.66. The van der Waals surface area contributed by atoms with Crippen molar-refractivity contribution in [1.29, 1.82) is 0 Å². The molecule has 0 aromatic carbocycles. The van der Waals surface area contributed by atoms with Crippen molar-refractivity contribution in [2.75, 3.05) is 13.1 Å². The van der Waals surface area contributed by atoms with Crippen LogP contribution in [0.25, 0.3) is 10.9 Å². The zero-order valence-electron chi connectivity index (χ0n) is 9.07. The minimum absolute atomic E-state index is 0.00748. The fraction of sp³-hybridized carbons (Fsp3) is 0.417. The van der Waals surface area contributed by atoms with Crippen LogP contribution in [0.15, 0.2) is 29.3 Å². The van der Waals surface area contributed by atoms with Crippen LogP contribution in [-0.4, -0.2) is 22.6 Å². The Balaban J connectivity index is 2.12. The fourth-order valence-corrected chi connectivity index (χ4v) is 2.50. The van der Waals surface area contributed by atoms with E-state index in [1.807, 2.05) is 18.3 Å². The largest absolute Gasteiger partial charge is 0.339 e. The Labute approximate surface area is 93.3 Å². The van der Waals surface area contributed by atoms with Gasteiger partial charge >= 0.3 is 0 Å². The van der Waals surface area contributed by atoms with Gasteiger partial charge in [-0.05, 0) is 31.5 Å². The summed E-state index contributed by atoms with van der Waals surface area (Å²) in [4.78, 5) is 14.5. The average molecular weight is 217 g/mol. The van der Waals surface area contributed by atoms with Gasteiger partial charge in [-0.2, -0.15) is 0 Å². The molecule has 0 bridgehead atoms. The molecule has 1 aliphatic heterocycles. The van der Waals surface area contributed by atoms with E-state index in [2.05, 4.69) is 14.9 Å². The summed E-state index contributed by atoms with van der Waals surface area (Å²) >= 11 is 0. The molecule has 3 heterocycles. The molecule has 0 aliphatic carbocycles. The van der Waals surface area contributed by atoms with Crippen LogP contribution in [0, 0.1) is 0 Å². The number of piperidine rings is 1. The molecule has 16 heavy (non-hydrogen) atoms. The van der Waals surface area contributed by atoms with Crippen LogP contribution in [0.1, 0.15) is 18.9 Å². The number of aromatic amines is 1. The molecule has 2 N–H and O–H groups in total. The van der Waals surface area contributed by atoms with Crippen LogP contribution in [-0.2, 0) is 0 Å². The molecule has 3 rings (SSSR count). The Kier molecular flexibility index (Phi) is 2.29. The van der Waals surface area contributed by atoms with E-state index in [4.69, 9.17) is 0 Å². The lowest BCUT2D eigenvalue weighted by molar-refractivity contribution is 0.379. The van der Waals surface area contributed by atoms with Gasteiger partial charge in [0.1, 0.15) is 5.52 Å². The Morgan fingerprint density at radius 2 is 2.31 bits per heavy atom. The summed E-state index contributed by atoms with van der Waals surface area (Å²) in [5.41, 5.74) is 0.810. The zero-order chi connectivity index (χ0) is 11.0. The van der Waals surface area contributed by atoms with Crippen LogP contribution in [0.4, 0.5) is 0 Å². The lowest BCUT2D eigenvalue weighted by atomic mass is 10.1. The van der Waals surface area contributed by atoms with Crippen molar-refractivity contribution in [3.8, 4) is 0 Å². The van der Waals surface area contributed by atoms with Gasteiger partial charge in [-0.1, -0.05) is 0 Å². The molecule has 0 saturated carbocycles. The average Bonchev–Trinajstić information content (AvgIpc) is 2.75. The van der Waals surface area contributed by atoms with Crippen LogP contribution in [0.3, 0.4) is 0 Å². The van der Waals surface area contributed by atoms with Crippen LogP contribution in [0.5, 0.6) is 0 Å². The van der Waals surface area contributed by atoms with Gasteiger partial charge in [0.05, 0.1) is 0 Å². The van der Waals surface area contributed by atoms with Crippen LogP contribution >= 0.6 is 0 Å². The van der Waals surface area contributed by atoms with E-state index in [-0.39, 0.29) is 5.56 Å². The molecule has 4 heteroatoms. The molecule has 0 spiro atoms. The van der Waals surface area contributed by atoms with E-state index in [0.29, 0.717) is 6.04 Å². The summed E-state index contributed by atoms with van der Waals surface area (Å²) in [5.74, 6) is 0. The van der Waals surface area contributed by atoms with Crippen molar-refractivity contribution in [1.82, 2.24) is 14.9 Å². The zero-order valence-corrected chi connectivity index (χ0v) is 9.07. The number of pyridine rings is 1. The number of hydrogen-bond donors (Lipinski definition) is 2. The number of aromatic nitrogens is 2. The predicted molar refractivity (Wildman–Crippen MR) is 63.7 cm³/mol. The highest BCUT2D eigenvalue weighted by Gasteiger charge is 2.17. The lowest BCUT2D eigenvalue weighted by Gasteiger charge is -2.24. The summed E-state index contributed by atoms with van der Waals surface area (Å²) in [5, 5.41) is 4.40. The standard InChI is InChI=1S/C12H15N3O/c16-12-11-9(3-6-14-12)4-7-15(11)10-2-1-5-13-8-10/h3-4,6-7,10,13H,1-2,5,8H2,(H,14,16). The Morgan fingerprint density at radius 1 is 1.38 bits per heavy atom. The first-order valence-corrected chi connectivity index (χ1v) is 5.75. The molecular formula is C12H15N3O. The highest BCUT2D eigenvalue weighted by atomic mass is 16.1. The number of nitrogens with one attached hydrogen (secondary N) is 2. The maximum absolute atomic E-state index is 11.8. The highest BCUT2D eigenvalue weighted by molar-refractivity contribution is 5.78. The van der Waals surface area contributed by atoms with Gasteiger partial charge in [0, 0.05) is 30.4 Å². The smallest absolute Gasteiger partial charge is 0.272 e. The van der Waals surface area contributed by atoms with Crippen molar-refractivity contribution in [2.45, 2.75) is 18.9 Å².